The van der Waals surface area contributed by atoms with Gasteiger partial charge in [-0.3, -0.25) is 0 Å². The van der Waals surface area contributed by atoms with Crippen LogP contribution in [-0.2, 0) is 40.4 Å². The van der Waals surface area contributed by atoms with Gasteiger partial charge in [-0.05, 0) is 39.7 Å². The molecule has 17 heteroatoms. The molecule has 0 aromatic carbocycles. The van der Waals surface area contributed by atoms with Crippen LogP contribution in [0.5, 0.6) is 0 Å². The van der Waals surface area contributed by atoms with Crippen molar-refractivity contribution >= 4 is 20.2 Å². The van der Waals surface area contributed by atoms with Gasteiger partial charge < -0.3 is 9.11 Å². The van der Waals surface area contributed by atoms with Gasteiger partial charge in [0.25, 0.3) is 0 Å². The predicted molar refractivity (Wildman–Crippen MR) is 128 cm³/mol. The Hall–Kier alpha value is -2.24. The maximum atomic E-state index is 12.3. The van der Waals surface area contributed by atoms with E-state index in [0.717, 1.165) is 19.0 Å². The first-order chi connectivity index (χ1) is 18.2. The highest BCUT2D eigenvalue weighted by atomic mass is 32.2. The number of halogens is 6. The van der Waals surface area contributed by atoms with Crippen molar-refractivity contribution in [2.75, 3.05) is 0 Å². The van der Waals surface area contributed by atoms with E-state index in [-0.39, 0.29) is 0 Å². The van der Waals surface area contributed by atoms with Gasteiger partial charge in [0.2, 0.25) is 6.33 Å². The van der Waals surface area contributed by atoms with E-state index in [4.69, 9.17) is 0 Å². The van der Waals surface area contributed by atoms with Crippen molar-refractivity contribution in [2.24, 2.45) is 7.05 Å². The Kier molecular flexibility index (Phi) is 12.2. The summed E-state index contributed by atoms with van der Waals surface area (Å²) < 4.78 is 138. The summed E-state index contributed by atoms with van der Waals surface area (Å²) in [4.78, 5) is 0. The highest BCUT2D eigenvalue weighted by Crippen LogP contribution is 2.50. The molecule has 0 radical (unpaired) electrons. The molecule has 0 aliphatic heterocycles. The van der Waals surface area contributed by atoms with Crippen molar-refractivity contribution in [3.63, 3.8) is 0 Å². The minimum atomic E-state index is -7.32. The normalized spacial score (nSPS) is 15.5. The molecule has 9 nitrogen and oxygen atoms in total. The molecular weight excluding hydrogens is 592 g/mol. The predicted octanol–water partition coefficient (Wildman–Crippen LogP) is 3.58. The second kappa shape index (κ2) is 13.6. The number of hydrogen-bond donors (Lipinski definition) is 0. The Balaban J connectivity index is 0.000000317. The van der Waals surface area contributed by atoms with Crippen molar-refractivity contribution in [1.82, 2.24) is 4.57 Å². The topological polar surface area (TPSA) is 127 Å². The highest BCUT2D eigenvalue weighted by molar-refractivity contribution is 7.88. The fourth-order valence-corrected chi connectivity index (χ4v) is 5.01. The summed E-state index contributed by atoms with van der Waals surface area (Å²) >= 11 is 0. The van der Waals surface area contributed by atoms with Crippen LogP contribution in [0.1, 0.15) is 63.1 Å². The lowest BCUT2D eigenvalue weighted by Crippen LogP contribution is -2.60. The third kappa shape index (κ3) is 8.16. The summed E-state index contributed by atoms with van der Waals surface area (Å²) in [6, 6.07) is 4.43. The van der Waals surface area contributed by atoms with Crippen molar-refractivity contribution in [1.29, 1.82) is 0 Å². The van der Waals surface area contributed by atoms with Gasteiger partial charge >= 0.3 is 16.4 Å². The first-order valence-corrected chi connectivity index (χ1v) is 15.0. The third-order valence-corrected chi connectivity index (χ3v) is 7.97. The van der Waals surface area contributed by atoms with Crippen LogP contribution in [0, 0.1) is 6.92 Å². The average molecular weight is 626 g/mol. The largest absolute Gasteiger partial charge is 0.743 e. The Morgan fingerprint density at radius 2 is 1.43 bits per heavy atom. The van der Waals surface area contributed by atoms with Crippen molar-refractivity contribution in [2.45, 2.75) is 88.3 Å². The van der Waals surface area contributed by atoms with Gasteiger partial charge in [-0.1, -0.05) is 19.3 Å². The van der Waals surface area contributed by atoms with Gasteiger partial charge in [0.05, 0.1) is 13.6 Å². The van der Waals surface area contributed by atoms with E-state index in [0.29, 0.717) is 0 Å². The minimum absolute atomic E-state index is 0.819. The zero-order valence-electron chi connectivity index (χ0n) is 22.4. The van der Waals surface area contributed by atoms with Gasteiger partial charge in [0, 0.05) is 17.5 Å². The van der Waals surface area contributed by atoms with Crippen LogP contribution >= 0.6 is 0 Å². The molecule has 2 heterocycles. The molecule has 230 valence electrons. The number of nitrogens with zero attached hydrogens (tertiary/aromatic N) is 3. The molecule has 1 aliphatic carbocycles. The molecule has 1 fully saturated rings. The van der Waals surface area contributed by atoms with E-state index in [1.54, 1.807) is 5.69 Å². The quantitative estimate of drug-likeness (QED) is 0.263. The molecule has 0 N–H and O–H groups in total. The van der Waals surface area contributed by atoms with Crippen LogP contribution < -0.4 is 9.13 Å². The van der Waals surface area contributed by atoms with E-state index in [1.807, 2.05) is 17.8 Å². The minimum Gasteiger partial charge on any atom is -0.743 e. The van der Waals surface area contributed by atoms with Crippen LogP contribution in [0.15, 0.2) is 37.1 Å². The van der Waals surface area contributed by atoms with Crippen molar-refractivity contribution in [3.05, 3.63) is 48.3 Å². The van der Waals surface area contributed by atoms with Crippen LogP contribution in [-0.4, -0.2) is 46.9 Å². The maximum absolute atomic E-state index is 12.3. The molecule has 0 amide bonds. The maximum Gasteiger partial charge on any atom is 0.403 e. The number of rotatable bonds is 7. The molecule has 3 rings (SSSR count). The number of aryl methyl sites for hydroxylation is 4. The number of pyridine rings is 1. The molecule has 0 bridgehead atoms. The first-order valence-electron chi connectivity index (χ1n) is 12.2. The second-order valence-corrected chi connectivity index (χ2v) is 12.0. The van der Waals surface area contributed by atoms with Gasteiger partial charge in [0.15, 0.2) is 32.1 Å². The summed E-state index contributed by atoms with van der Waals surface area (Å²) in [5, 5.41) is -13.9. The summed E-state index contributed by atoms with van der Waals surface area (Å²) in [5.74, 6) is -6.39. The SMILES string of the molecule is CC[n+]1cccc(C)c1C1CCCCC1.CCn1cc[n+](C)c1.O=S(=O)([O-])C(F)(F)C(F)(F)C(F)(F)S(=O)(=O)[O-]. The Labute approximate surface area is 229 Å². The number of alkyl halides is 6. The summed E-state index contributed by atoms with van der Waals surface area (Å²) in [5.41, 5.74) is 3.07. The Bertz CT molecular complexity index is 1280. The zero-order chi connectivity index (χ0) is 31.2. The zero-order valence-corrected chi connectivity index (χ0v) is 24.0. The Morgan fingerprint density at radius 3 is 1.77 bits per heavy atom. The van der Waals surface area contributed by atoms with Gasteiger partial charge in [-0.15, -0.1) is 0 Å². The summed E-state index contributed by atoms with van der Waals surface area (Å²) in [7, 11) is -12.6. The summed E-state index contributed by atoms with van der Waals surface area (Å²) in [6.07, 6.45) is 15.4. The molecule has 0 atom stereocenters. The number of hydrogen-bond acceptors (Lipinski definition) is 6. The molecule has 0 unspecified atom stereocenters. The second-order valence-electron chi connectivity index (χ2n) is 9.12. The van der Waals surface area contributed by atoms with Crippen LogP contribution in [0.25, 0.3) is 0 Å². The summed E-state index contributed by atoms with van der Waals surface area (Å²) in [6.45, 7) is 8.79. The fourth-order valence-electron chi connectivity index (χ4n) is 4.06. The standard InChI is InChI=1S/C14H22N.C6H11N2.C3H2F6O6S2/c1-3-15-11-7-8-12(2)14(15)13-9-5-4-6-10-13;1-3-8-5-4-7(2)6-8;4-1(5,2(6,7)16(10,11)12)3(8,9)17(13,14)15/h7-8,11,13H,3-6,9-10H2,1-2H3;4-6H,3H2,1-2H3;(H,10,11,12)(H,13,14,15)/q2*+1;/p-2. The van der Waals surface area contributed by atoms with Crippen LogP contribution in [0.4, 0.5) is 26.3 Å². The van der Waals surface area contributed by atoms with E-state index < -0.39 is 36.7 Å². The molecule has 0 spiro atoms. The van der Waals surface area contributed by atoms with Gasteiger partial charge in [-0.2, -0.15) is 26.3 Å². The van der Waals surface area contributed by atoms with Crippen LogP contribution in [0.3, 0.4) is 0 Å². The molecule has 40 heavy (non-hydrogen) atoms. The van der Waals surface area contributed by atoms with E-state index in [9.17, 15) is 52.3 Å². The molecule has 1 aliphatic rings. The molecule has 2 aromatic heterocycles. The first kappa shape index (κ1) is 35.8. The lowest BCUT2D eigenvalue weighted by atomic mass is 9.85. The lowest BCUT2D eigenvalue weighted by molar-refractivity contribution is -0.702. The third-order valence-electron chi connectivity index (χ3n) is 6.21. The van der Waals surface area contributed by atoms with Crippen molar-refractivity contribution < 1.29 is 61.4 Å². The van der Waals surface area contributed by atoms with Gasteiger partial charge in [-0.25, -0.2) is 30.5 Å². The molecule has 0 saturated heterocycles. The van der Waals surface area contributed by atoms with E-state index in [2.05, 4.69) is 60.8 Å². The molecular formula is C23H33F6N3O6S2. The van der Waals surface area contributed by atoms with E-state index >= 15 is 0 Å². The van der Waals surface area contributed by atoms with Crippen LogP contribution in [0.2, 0.25) is 0 Å². The van der Waals surface area contributed by atoms with Gasteiger partial charge in [0.1, 0.15) is 18.9 Å². The van der Waals surface area contributed by atoms with Crippen molar-refractivity contribution in [3.8, 4) is 0 Å². The monoisotopic (exact) mass is 625 g/mol. The number of imidazole rings is 1. The lowest BCUT2D eigenvalue weighted by Gasteiger charge is -2.34. The van der Waals surface area contributed by atoms with E-state index in [1.165, 1.54) is 37.7 Å². The highest BCUT2D eigenvalue weighted by Gasteiger charge is 2.77. The molecule has 1 saturated carbocycles. The Morgan fingerprint density at radius 1 is 0.925 bits per heavy atom. The molecule has 2 aromatic rings. The average Bonchev–Trinajstić information content (AvgIpc) is 3.29. The number of aromatic nitrogens is 3. The smallest absolute Gasteiger partial charge is 0.403 e. The fraction of sp³-hybridized carbons (Fsp3) is 0.652.